The third-order valence-corrected chi connectivity index (χ3v) is 11.0. The smallest absolute Gasteiger partial charge is 0.410 e. The van der Waals surface area contributed by atoms with Crippen LogP contribution in [0.2, 0.25) is 0 Å². The Labute approximate surface area is 307 Å². The molecular weight excluding hydrogens is 683 g/mol. The molecule has 52 heavy (non-hydrogen) atoms. The van der Waals surface area contributed by atoms with Gasteiger partial charge in [0.15, 0.2) is 0 Å². The van der Waals surface area contributed by atoms with Gasteiger partial charge in [0.25, 0.3) is 10.0 Å². The maximum Gasteiger partial charge on any atom is 0.410 e. The van der Waals surface area contributed by atoms with Gasteiger partial charge in [0.2, 0.25) is 11.8 Å². The molecule has 1 atom stereocenters. The largest absolute Gasteiger partial charge is 0.478 e. The van der Waals surface area contributed by atoms with Crippen molar-refractivity contribution in [1.29, 1.82) is 0 Å². The Kier molecular flexibility index (Phi) is 11.3. The van der Waals surface area contributed by atoms with Crippen molar-refractivity contribution in [3.63, 3.8) is 0 Å². The van der Waals surface area contributed by atoms with Gasteiger partial charge < -0.3 is 24.8 Å². The molecule has 5 rings (SSSR count). The molecule has 0 bridgehead atoms. The number of likely N-dealkylation sites (tertiary alicyclic amines) is 1. The molecule has 1 aromatic heterocycles. The molecule has 2 aliphatic rings. The Morgan fingerprint density at radius 2 is 1.62 bits per heavy atom. The average Bonchev–Trinajstić information content (AvgIpc) is 3.01. The van der Waals surface area contributed by atoms with Crippen LogP contribution in [0.1, 0.15) is 95.1 Å². The minimum Gasteiger partial charge on any atom is -0.478 e. The Balaban J connectivity index is 1.32. The first-order chi connectivity index (χ1) is 24.2. The summed E-state index contributed by atoms with van der Waals surface area (Å²) in [4.78, 5) is 34.8. The number of aromatic carboxylic acids is 1. The average molecular weight is 736 g/mol. The number of benzene rings is 2. The first kappa shape index (κ1) is 39.0. The number of carbonyl (C=O) groups is 2. The summed E-state index contributed by atoms with van der Waals surface area (Å²) in [5, 5.41) is 13.2. The van der Waals surface area contributed by atoms with Crippen molar-refractivity contribution >= 4 is 28.0 Å². The Bertz CT molecular complexity index is 1870. The van der Waals surface area contributed by atoms with Crippen LogP contribution in [0, 0.1) is 24.7 Å². The van der Waals surface area contributed by atoms with Gasteiger partial charge in [-0.15, -0.1) is 0 Å². The maximum atomic E-state index is 13.4. The zero-order chi connectivity index (χ0) is 38.1. The van der Waals surface area contributed by atoms with Crippen molar-refractivity contribution < 1.29 is 32.6 Å². The van der Waals surface area contributed by atoms with Crippen LogP contribution in [0.3, 0.4) is 0 Å². The lowest BCUT2D eigenvalue weighted by Crippen LogP contribution is -2.57. The monoisotopic (exact) mass is 735 g/mol. The van der Waals surface area contributed by atoms with Crippen LogP contribution in [-0.4, -0.2) is 77.8 Å². The van der Waals surface area contributed by atoms with Gasteiger partial charge in [-0.25, -0.2) is 27.7 Å². The second-order valence-corrected chi connectivity index (χ2v) is 18.3. The fraction of sp³-hybridized carbons (Fsp3) is 0.538. The molecule has 282 valence electrons. The van der Waals surface area contributed by atoms with Crippen molar-refractivity contribution in [2.24, 2.45) is 10.8 Å². The number of aryl methyl sites for hydroxylation is 2. The number of hydrogen-bond donors (Lipinski definition) is 3. The number of hydrogen-bond acceptors (Lipinski definition) is 9. The molecule has 3 N–H and O–H groups in total. The highest BCUT2D eigenvalue weighted by Crippen LogP contribution is 2.49. The summed E-state index contributed by atoms with van der Waals surface area (Å²) in [5.74, 6) is -1.21. The number of carboxylic acids is 1. The fourth-order valence-electron chi connectivity index (χ4n) is 7.29. The van der Waals surface area contributed by atoms with Crippen LogP contribution in [0.25, 0.3) is 11.3 Å². The molecule has 2 aromatic carbocycles. The minimum absolute atomic E-state index is 0.00158. The summed E-state index contributed by atoms with van der Waals surface area (Å²) in [7, 11) is -4.24. The molecule has 1 unspecified atom stereocenters. The predicted octanol–water partition coefficient (Wildman–Crippen LogP) is 7.21. The maximum absolute atomic E-state index is 13.4. The summed E-state index contributed by atoms with van der Waals surface area (Å²) in [6.45, 7) is 17.8. The molecule has 12 nitrogen and oxygen atoms in total. The number of sulfonamides is 1. The standard InChI is InChI=1S/C39H53N5O7S/c1-25-11-9-12-26(2)33(25)31-20-32(42-35(41-31)43-52(48,49)30-14-10-13-27(19-30)34(45)46)50-24-29(21-37(3,4)5)40-28-22-39(23-28)15-17-44(18-16-39)36(47)51-38(6,7)8/h9-14,19-20,28-29,40H,15-18,21-24H2,1-8H3,(H,45,46)(H,41,42,43). The van der Waals surface area contributed by atoms with E-state index in [1.54, 1.807) is 6.07 Å². The third-order valence-electron chi connectivity index (χ3n) is 9.65. The van der Waals surface area contributed by atoms with Gasteiger partial charge in [0.1, 0.15) is 12.2 Å². The predicted molar refractivity (Wildman–Crippen MR) is 200 cm³/mol. The zero-order valence-corrected chi connectivity index (χ0v) is 32.4. The van der Waals surface area contributed by atoms with Crippen LogP contribution in [0.4, 0.5) is 10.7 Å². The van der Waals surface area contributed by atoms with Crippen molar-refractivity contribution in [2.75, 3.05) is 24.4 Å². The molecule has 1 aliphatic carbocycles. The number of nitrogens with one attached hydrogen (secondary N) is 2. The van der Waals surface area contributed by atoms with E-state index in [4.69, 9.17) is 9.47 Å². The molecule has 1 spiro atoms. The summed E-state index contributed by atoms with van der Waals surface area (Å²) in [6, 6.07) is 13.0. The molecule has 1 amide bonds. The van der Waals surface area contributed by atoms with Crippen LogP contribution < -0.4 is 14.8 Å². The number of piperidine rings is 1. The number of amides is 1. The van der Waals surface area contributed by atoms with Crippen molar-refractivity contribution in [1.82, 2.24) is 20.2 Å². The van der Waals surface area contributed by atoms with E-state index in [9.17, 15) is 23.1 Å². The van der Waals surface area contributed by atoms with E-state index >= 15 is 0 Å². The first-order valence-electron chi connectivity index (χ1n) is 17.9. The Morgan fingerprint density at radius 3 is 2.21 bits per heavy atom. The van der Waals surface area contributed by atoms with Gasteiger partial charge in [-0.1, -0.05) is 45.0 Å². The number of nitrogens with zero attached hydrogens (tertiary/aromatic N) is 3. The van der Waals surface area contributed by atoms with Gasteiger partial charge in [-0.3, -0.25) is 0 Å². The highest BCUT2D eigenvalue weighted by Gasteiger charge is 2.47. The third kappa shape index (κ3) is 10.0. The number of aromatic nitrogens is 2. The van der Waals surface area contributed by atoms with Crippen molar-refractivity contribution in [3.8, 4) is 17.1 Å². The van der Waals surface area contributed by atoms with E-state index in [2.05, 4.69) is 40.8 Å². The summed E-state index contributed by atoms with van der Waals surface area (Å²) in [5.41, 5.74) is 2.79. The van der Waals surface area contributed by atoms with E-state index in [-0.39, 0.29) is 45.3 Å². The molecule has 1 saturated carbocycles. The molecule has 1 aliphatic heterocycles. The van der Waals surface area contributed by atoms with Gasteiger partial charge in [0.05, 0.1) is 16.2 Å². The second kappa shape index (κ2) is 15.0. The molecule has 2 fully saturated rings. The van der Waals surface area contributed by atoms with E-state index in [1.807, 2.05) is 57.7 Å². The van der Waals surface area contributed by atoms with Gasteiger partial charge in [0, 0.05) is 36.8 Å². The molecule has 1 saturated heterocycles. The highest BCUT2D eigenvalue weighted by atomic mass is 32.2. The van der Waals surface area contributed by atoms with E-state index < -0.39 is 21.6 Å². The van der Waals surface area contributed by atoms with Crippen LogP contribution in [0.5, 0.6) is 5.88 Å². The topological polar surface area (TPSA) is 160 Å². The molecule has 13 heteroatoms. The molecule has 0 radical (unpaired) electrons. The van der Waals surface area contributed by atoms with Gasteiger partial charge in [-0.05, 0) is 107 Å². The molecule has 2 heterocycles. The van der Waals surface area contributed by atoms with E-state index in [1.165, 1.54) is 18.2 Å². The number of carboxylic acid groups (broad SMARTS) is 1. The quantitative estimate of drug-likeness (QED) is 0.184. The van der Waals surface area contributed by atoms with E-state index in [0.29, 0.717) is 31.4 Å². The summed E-state index contributed by atoms with van der Waals surface area (Å²) < 4.78 is 41.3. The van der Waals surface area contributed by atoms with E-state index in [0.717, 1.165) is 54.9 Å². The number of anilines is 1. The van der Waals surface area contributed by atoms with Gasteiger partial charge >= 0.3 is 12.1 Å². The summed E-state index contributed by atoms with van der Waals surface area (Å²) >= 11 is 0. The van der Waals surface area contributed by atoms with Crippen LogP contribution in [-0.2, 0) is 14.8 Å². The second-order valence-electron chi connectivity index (χ2n) is 16.6. The lowest BCUT2D eigenvalue weighted by molar-refractivity contribution is -0.0197. The number of carbonyl (C=O) groups excluding carboxylic acids is 1. The summed E-state index contributed by atoms with van der Waals surface area (Å²) in [6.07, 6.45) is 4.53. The fourth-order valence-corrected chi connectivity index (χ4v) is 8.28. The SMILES string of the molecule is Cc1cccc(C)c1-c1cc(OCC(CC(C)(C)C)NC2CC3(CCN(C(=O)OC(C)(C)C)CC3)C2)nc(NS(=O)(=O)c2cccc(C(=O)O)c2)n1. The van der Waals surface area contributed by atoms with Crippen LogP contribution in [0.15, 0.2) is 53.4 Å². The Morgan fingerprint density at radius 1 is 0.981 bits per heavy atom. The normalized spacial score (nSPS) is 17.0. The minimum atomic E-state index is -4.24. The number of rotatable bonds is 11. The Hall–Kier alpha value is -4.23. The van der Waals surface area contributed by atoms with Gasteiger partial charge in [-0.2, -0.15) is 4.98 Å². The lowest BCUT2D eigenvalue weighted by atomic mass is 9.60. The first-order valence-corrected chi connectivity index (χ1v) is 19.4. The number of ether oxygens (including phenoxy) is 2. The zero-order valence-electron chi connectivity index (χ0n) is 31.6. The molecular formula is C39H53N5O7S. The lowest BCUT2D eigenvalue weighted by Gasteiger charge is -2.53. The van der Waals surface area contributed by atoms with Crippen molar-refractivity contribution in [2.45, 2.75) is 110 Å². The molecule has 3 aromatic rings. The van der Waals surface area contributed by atoms with Crippen LogP contribution >= 0.6 is 0 Å². The van der Waals surface area contributed by atoms with Crippen molar-refractivity contribution in [3.05, 3.63) is 65.2 Å². The highest BCUT2D eigenvalue weighted by molar-refractivity contribution is 7.92.